The second kappa shape index (κ2) is 8.11. The van der Waals surface area contributed by atoms with Crippen LogP contribution < -0.4 is 10.6 Å². The first-order chi connectivity index (χ1) is 12.5. The fourth-order valence-electron chi connectivity index (χ4n) is 3.02. The number of aryl methyl sites for hydroxylation is 1. The Kier molecular flexibility index (Phi) is 5.65. The van der Waals surface area contributed by atoms with Crippen molar-refractivity contribution in [1.29, 1.82) is 0 Å². The van der Waals surface area contributed by atoms with E-state index < -0.39 is 6.10 Å². The molecule has 2 aromatic rings. The zero-order valence-corrected chi connectivity index (χ0v) is 14.6. The molecule has 26 heavy (non-hydrogen) atoms. The number of benzene rings is 1. The molecule has 2 heterocycles. The van der Waals surface area contributed by atoms with Gasteiger partial charge in [0.05, 0.1) is 18.7 Å². The van der Waals surface area contributed by atoms with E-state index in [9.17, 15) is 14.7 Å². The maximum Gasteiger partial charge on any atom is 0.251 e. The average Bonchev–Trinajstić information content (AvgIpc) is 3.02. The molecule has 0 saturated carbocycles. The first kappa shape index (κ1) is 18.1. The van der Waals surface area contributed by atoms with Crippen molar-refractivity contribution in [3.63, 3.8) is 0 Å². The standard InChI is InChI=1S/C18H23N5O3/c1-22-9-8-16(21-22)20-17(25)12-23-10-7-14(15(24)11-23)19-18(26)13-5-3-2-4-6-13/h2-6,8-9,14-15,24H,7,10-12H2,1H3,(H,19,26)(H,20,21,25)/t14-,15-/m1/s1. The molecule has 8 nitrogen and oxygen atoms in total. The topological polar surface area (TPSA) is 99.5 Å². The summed E-state index contributed by atoms with van der Waals surface area (Å²) in [5.74, 6) is 0.127. The highest BCUT2D eigenvalue weighted by atomic mass is 16.3. The average molecular weight is 357 g/mol. The summed E-state index contributed by atoms with van der Waals surface area (Å²) in [5.41, 5.74) is 0.567. The van der Waals surface area contributed by atoms with Crippen LogP contribution >= 0.6 is 0 Å². The van der Waals surface area contributed by atoms with E-state index >= 15 is 0 Å². The number of anilines is 1. The van der Waals surface area contributed by atoms with Crippen LogP contribution in [0.2, 0.25) is 0 Å². The Balaban J connectivity index is 1.47. The van der Waals surface area contributed by atoms with Crippen molar-refractivity contribution in [3.05, 3.63) is 48.2 Å². The van der Waals surface area contributed by atoms with Gasteiger partial charge >= 0.3 is 0 Å². The molecule has 2 amide bonds. The van der Waals surface area contributed by atoms with Crippen LogP contribution in [0.4, 0.5) is 5.82 Å². The molecule has 0 bridgehead atoms. The molecule has 138 valence electrons. The van der Waals surface area contributed by atoms with Gasteiger partial charge in [0.15, 0.2) is 5.82 Å². The smallest absolute Gasteiger partial charge is 0.251 e. The number of rotatable bonds is 5. The van der Waals surface area contributed by atoms with Crippen LogP contribution in [0.5, 0.6) is 0 Å². The lowest BCUT2D eigenvalue weighted by molar-refractivity contribution is -0.118. The van der Waals surface area contributed by atoms with Gasteiger partial charge in [0.25, 0.3) is 5.91 Å². The number of β-amino-alcohol motifs (C(OH)–C–C–N with tert-alkyl or cyclic N) is 1. The first-order valence-corrected chi connectivity index (χ1v) is 8.57. The van der Waals surface area contributed by atoms with Gasteiger partial charge in [-0.2, -0.15) is 5.10 Å². The zero-order chi connectivity index (χ0) is 18.5. The lowest BCUT2D eigenvalue weighted by Gasteiger charge is -2.35. The fourth-order valence-corrected chi connectivity index (χ4v) is 3.02. The van der Waals surface area contributed by atoms with E-state index in [2.05, 4.69) is 15.7 Å². The molecule has 3 rings (SSSR count). The van der Waals surface area contributed by atoms with E-state index in [4.69, 9.17) is 0 Å². The van der Waals surface area contributed by atoms with Crippen molar-refractivity contribution in [1.82, 2.24) is 20.0 Å². The predicted octanol–water partition coefficient (Wildman–Crippen LogP) is 0.224. The molecule has 2 atom stereocenters. The van der Waals surface area contributed by atoms with Crippen molar-refractivity contribution in [2.45, 2.75) is 18.6 Å². The van der Waals surface area contributed by atoms with Gasteiger partial charge < -0.3 is 15.7 Å². The summed E-state index contributed by atoms with van der Waals surface area (Å²) in [5, 5.41) is 20.0. The zero-order valence-electron chi connectivity index (χ0n) is 14.6. The molecular weight excluding hydrogens is 334 g/mol. The van der Waals surface area contributed by atoms with Crippen molar-refractivity contribution < 1.29 is 14.7 Å². The van der Waals surface area contributed by atoms with Crippen molar-refractivity contribution in [2.24, 2.45) is 7.05 Å². The third-order valence-electron chi connectivity index (χ3n) is 4.37. The third kappa shape index (κ3) is 4.68. The number of aromatic nitrogens is 2. The highest BCUT2D eigenvalue weighted by Gasteiger charge is 2.29. The van der Waals surface area contributed by atoms with E-state index in [1.807, 2.05) is 11.0 Å². The van der Waals surface area contributed by atoms with Gasteiger partial charge in [-0.1, -0.05) is 18.2 Å². The van der Waals surface area contributed by atoms with E-state index in [1.54, 1.807) is 48.3 Å². The number of carbonyl (C=O) groups excluding carboxylic acids is 2. The normalized spacial score (nSPS) is 20.5. The van der Waals surface area contributed by atoms with Crippen LogP contribution in [0.3, 0.4) is 0 Å². The van der Waals surface area contributed by atoms with Crippen LogP contribution in [-0.2, 0) is 11.8 Å². The van der Waals surface area contributed by atoms with Gasteiger partial charge in [-0.15, -0.1) is 0 Å². The maximum absolute atomic E-state index is 12.2. The van der Waals surface area contributed by atoms with Crippen molar-refractivity contribution >= 4 is 17.6 Å². The van der Waals surface area contributed by atoms with Gasteiger partial charge in [-0.25, -0.2) is 0 Å². The minimum absolute atomic E-state index is 0.174. The molecule has 1 aliphatic heterocycles. The summed E-state index contributed by atoms with van der Waals surface area (Å²) in [4.78, 5) is 26.2. The summed E-state index contributed by atoms with van der Waals surface area (Å²) >= 11 is 0. The number of nitrogens with one attached hydrogen (secondary N) is 2. The molecule has 3 N–H and O–H groups in total. The Hall–Kier alpha value is -2.71. The monoisotopic (exact) mass is 357 g/mol. The SMILES string of the molecule is Cn1ccc(NC(=O)CN2CC[C@@H](NC(=O)c3ccccc3)[C@H](O)C2)n1. The number of likely N-dealkylation sites (tertiary alicyclic amines) is 1. The molecule has 0 aliphatic carbocycles. The molecule has 0 unspecified atom stereocenters. The van der Waals surface area contributed by atoms with E-state index in [-0.39, 0.29) is 24.4 Å². The molecule has 1 aliphatic rings. The Bertz CT molecular complexity index is 761. The second-order valence-electron chi connectivity index (χ2n) is 6.46. The number of amides is 2. The molecule has 8 heteroatoms. The molecule has 1 fully saturated rings. The van der Waals surface area contributed by atoms with Crippen molar-refractivity contribution in [2.75, 3.05) is 25.0 Å². The third-order valence-corrected chi connectivity index (χ3v) is 4.37. The summed E-state index contributed by atoms with van der Waals surface area (Å²) < 4.78 is 1.61. The lowest BCUT2D eigenvalue weighted by Crippen LogP contribution is -2.55. The highest BCUT2D eigenvalue weighted by Crippen LogP contribution is 2.12. The fraction of sp³-hybridized carbons (Fsp3) is 0.389. The van der Waals surface area contributed by atoms with Crippen LogP contribution in [0.25, 0.3) is 0 Å². The number of piperidine rings is 1. The van der Waals surface area contributed by atoms with E-state index in [1.165, 1.54) is 0 Å². The van der Waals surface area contributed by atoms with E-state index in [0.29, 0.717) is 30.9 Å². The second-order valence-corrected chi connectivity index (χ2v) is 6.46. The Morgan fingerprint density at radius 2 is 2.04 bits per heavy atom. The Morgan fingerprint density at radius 1 is 1.27 bits per heavy atom. The van der Waals surface area contributed by atoms with Crippen LogP contribution in [0.15, 0.2) is 42.6 Å². The number of nitrogens with zero attached hydrogens (tertiary/aromatic N) is 3. The number of hydrogen-bond donors (Lipinski definition) is 3. The van der Waals surface area contributed by atoms with Gasteiger partial charge in [-0.05, 0) is 18.6 Å². The van der Waals surface area contributed by atoms with Gasteiger partial charge in [-0.3, -0.25) is 19.2 Å². The number of carbonyl (C=O) groups is 2. The summed E-state index contributed by atoms with van der Waals surface area (Å²) in [6.07, 6.45) is 1.61. The number of aliphatic hydroxyl groups excluding tert-OH is 1. The van der Waals surface area contributed by atoms with Gasteiger partial charge in [0.1, 0.15) is 0 Å². The summed E-state index contributed by atoms with van der Waals surface area (Å²) in [6, 6.07) is 10.3. The number of aliphatic hydroxyl groups is 1. The van der Waals surface area contributed by atoms with Crippen molar-refractivity contribution in [3.8, 4) is 0 Å². The van der Waals surface area contributed by atoms with Crippen LogP contribution in [0.1, 0.15) is 16.8 Å². The Morgan fingerprint density at radius 3 is 2.69 bits per heavy atom. The molecule has 1 aromatic heterocycles. The molecular formula is C18H23N5O3. The summed E-state index contributed by atoms with van der Waals surface area (Å²) in [6.45, 7) is 1.12. The minimum Gasteiger partial charge on any atom is -0.390 e. The molecule has 0 spiro atoms. The molecule has 0 radical (unpaired) electrons. The van der Waals surface area contributed by atoms with Crippen LogP contribution in [-0.4, -0.2) is 63.4 Å². The number of hydrogen-bond acceptors (Lipinski definition) is 5. The van der Waals surface area contributed by atoms with E-state index in [0.717, 1.165) is 0 Å². The first-order valence-electron chi connectivity index (χ1n) is 8.57. The largest absolute Gasteiger partial charge is 0.390 e. The minimum atomic E-state index is -0.723. The molecule has 1 saturated heterocycles. The Labute approximate surface area is 151 Å². The van der Waals surface area contributed by atoms with Crippen LogP contribution in [0, 0.1) is 0 Å². The maximum atomic E-state index is 12.2. The van der Waals surface area contributed by atoms with Gasteiger partial charge in [0, 0.05) is 38.0 Å². The van der Waals surface area contributed by atoms with Gasteiger partial charge in [0.2, 0.25) is 5.91 Å². The highest BCUT2D eigenvalue weighted by molar-refractivity contribution is 5.94. The molecule has 1 aromatic carbocycles. The predicted molar refractivity (Wildman–Crippen MR) is 96.6 cm³/mol. The lowest BCUT2D eigenvalue weighted by atomic mass is 10.0. The summed E-state index contributed by atoms with van der Waals surface area (Å²) in [7, 11) is 1.78. The quantitative estimate of drug-likeness (QED) is 0.711.